The van der Waals surface area contributed by atoms with Crippen molar-refractivity contribution in [2.45, 2.75) is 24.7 Å². The van der Waals surface area contributed by atoms with Gasteiger partial charge in [-0.1, -0.05) is 13.0 Å². The van der Waals surface area contributed by atoms with Gasteiger partial charge in [0, 0.05) is 18.7 Å². The molecule has 1 saturated heterocycles. The minimum atomic E-state index is -3.66. The van der Waals surface area contributed by atoms with Crippen LogP contribution in [0.15, 0.2) is 52.0 Å². The van der Waals surface area contributed by atoms with Crippen molar-refractivity contribution in [3.05, 3.63) is 54.0 Å². The molecule has 1 aromatic carbocycles. The molecule has 0 spiro atoms. The third kappa shape index (κ3) is 4.37. The summed E-state index contributed by atoms with van der Waals surface area (Å²) >= 11 is 0. The van der Waals surface area contributed by atoms with E-state index in [1.807, 2.05) is 0 Å². The average Bonchev–Trinajstić information content (AvgIpc) is 3.21. The van der Waals surface area contributed by atoms with Gasteiger partial charge in [-0.05, 0) is 49.1 Å². The van der Waals surface area contributed by atoms with Crippen LogP contribution in [0.25, 0.3) is 0 Å². The van der Waals surface area contributed by atoms with Crippen LogP contribution >= 0.6 is 0 Å². The van der Waals surface area contributed by atoms with E-state index in [0.717, 1.165) is 12.8 Å². The van der Waals surface area contributed by atoms with E-state index in [1.54, 1.807) is 6.07 Å². The number of hydrazine groups is 1. The standard InChI is InChI=1S/C18H21N3O5S/c1-13-7-9-21(10-8-13)27(24,25)15-5-2-4-14(12-15)17(22)19-20-18(23)16-6-3-11-26-16/h2-6,11-13H,7-10H2,1H3,(H,19,22)(H,20,23). The van der Waals surface area contributed by atoms with E-state index in [0.29, 0.717) is 19.0 Å². The maximum absolute atomic E-state index is 12.8. The van der Waals surface area contributed by atoms with Crippen LogP contribution in [-0.2, 0) is 10.0 Å². The van der Waals surface area contributed by atoms with Gasteiger partial charge in [0.05, 0.1) is 11.2 Å². The Morgan fingerprint density at radius 2 is 1.78 bits per heavy atom. The fourth-order valence-corrected chi connectivity index (χ4v) is 4.34. The molecular weight excluding hydrogens is 370 g/mol. The molecule has 1 aromatic heterocycles. The van der Waals surface area contributed by atoms with Crippen molar-refractivity contribution in [2.24, 2.45) is 5.92 Å². The minimum absolute atomic E-state index is 0.0472. The summed E-state index contributed by atoms with van der Waals surface area (Å²) in [6, 6.07) is 8.75. The maximum atomic E-state index is 12.8. The van der Waals surface area contributed by atoms with Gasteiger partial charge in [0.15, 0.2) is 5.76 Å². The number of nitrogens with zero attached hydrogens (tertiary/aromatic N) is 1. The molecule has 27 heavy (non-hydrogen) atoms. The lowest BCUT2D eigenvalue weighted by molar-refractivity contribution is 0.0831. The quantitative estimate of drug-likeness (QED) is 0.772. The number of piperidine rings is 1. The Bertz CT molecular complexity index is 916. The van der Waals surface area contributed by atoms with Gasteiger partial charge in [0.2, 0.25) is 10.0 Å². The topological polar surface area (TPSA) is 109 Å². The molecule has 0 radical (unpaired) electrons. The lowest BCUT2D eigenvalue weighted by Gasteiger charge is -2.29. The SMILES string of the molecule is CC1CCN(S(=O)(=O)c2cccc(C(=O)NNC(=O)c3ccco3)c2)CC1. The summed E-state index contributed by atoms with van der Waals surface area (Å²) < 4.78 is 32.0. The first-order valence-corrected chi connectivity index (χ1v) is 10.1. The van der Waals surface area contributed by atoms with E-state index in [-0.39, 0.29) is 16.2 Å². The van der Waals surface area contributed by atoms with E-state index in [2.05, 4.69) is 17.8 Å². The predicted octanol–water partition coefficient (Wildman–Crippen LogP) is 1.77. The van der Waals surface area contributed by atoms with E-state index in [4.69, 9.17) is 4.42 Å². The zero-order chi connectivity index (χ0) is 19.4. The number of rotatable bonds is 4. The van der Waals surface area contributed by atoms with Crippen molar-refractivity contribution < 1.29 is 22.4 Å². The van der Waals surface area contributed by atoms with Gasteiger partial charge in [-0.2, -0.15) is 4.31 Å². The van der Waals surface area contributed by atoms with Crippen LogP contribution in [0, 0.1) is 5.92 Å². The first kappa shape index (κ1) is 19.1. The second-order valence-electron chi connectivity index (χ2n) is 6.50. The number of nitrogens with one attached hydrogen (secondary N) is 2. The molecule has 0 aliphatic carbocycles. The van der Waals surface area contributed by atoms with Gasteiger partial charge in [-0.15, -0.1) is 0 Å². The van der Waals surface area contributed by atoms with E-state index in [1.165, 1.54) is 40.9 Å². The third-order valence-corrected chi connectivity index (χ3v) is 6.41. The normalized spacial score (nSPS) is 16.0. The molecule has 0 saturated carbocycles. The van der Waals surface area contributed by atoms with Gasteiger partial charge in [0.1, 0.15) is 0 Å². The number of sulfonamides is 1. The molecule has 1 fully saturated rings. The molecule has 1 aliphatic heterocycles. The molecule has 0 atom stereocenters. The highest BCUT2D eigenvalue weighted by Crippen LogP contribution is 2.23. The zero-order valence-electron chi connectivity index (χ0n) is 14.8. The number of carbonyl (C=O) groups is 2. The van der Waals surface area contributed by atoms with Gasteiger partial charge < -0.3 is 4.42 Å². The van der Waals surface area contributed by atoms with Crippen molar-refractivity contribution in [3.8, 4) is 0 Å². The summed E-state index contributed by atoms with van der Waals surface area (Å²) in [6.07, 6.45) is 2.98. The number of furan rings is 1. The monoisotopic (exact) mass is 391 g/mol. The lowest BCUT2D eigenvalue weighted by atomic mass is 10.0. The lowest BCUT2D eigenvalue weighted by Crippen LogP contribution is -2.41. The maximum Gasteiger partial charge on any atom is 0.305 e. The second kappa shape index (κ2) is 7.93. The molecule has 144 valence electrons. The first-order chi connectivity index (χ1) is 12.9. The first-order valence-electron chi connectivity index (χ1n) is 8.62. The highest BCUT2D eigenvalue weighted by Gasteiger charge is 2.28. The van der Waals surface area contributed by atoms with Gasteiger partial charge >= 0.3 is 5.91 Å². The molecule has 0 bridgehead atoms. The Kier molecular flexibility index (Phi) is 5.62. The Hall–Kier alpha value is -2.65. The fourth-order valence-electron chi connectivity index (χ4n) is 2.83. The summed E-state index contributed by atoms with van der Waals surface area (Å²) in [5.41, 5.74) is 4.59. The second-order valence-corrected chi connectivity index (χ2v) is 8.44. The Balaban J connectivity index is 1.69. The summed E-state index contributed by atoms with van der Waals surface area (Å²) in [5, 5.41) is 0. The molecule has 3 rings (SSSR count). The Morgan fingerprint density at radius 3 is 2.44 bits per heavy atom. The van der Waals surface area contributed by atoms with Gasteiger partial charge in [-0.25, -0.2) is 8.42 Å². The Morgan fingerprint density at radius 1 is 1.07 bits per heavy atom. The molecule has 2 N–H and O–H groups in total. The van der Waals surface area contributed by atoms with Gasteiger partial charge in [0.25, 0.3) is 5.91 Å². The summed E-state index contributed by atoms with van der Waals surface area (Å²) in [4.78, 5) is 24.1. The number of amides is 2. The predicted molar refractivity (Wildman–Crippen MR) is 97.2 cm³/mol. The summed E-state index contributed by atoms with van der Waals surface area (Å²) in [6.45, 7) is 3.05. The van der Waals surface area contributed by atoms with Crippen LogP contribution in [0.2, 0.25) is 0 Å². The minimum Gasteiger partial charge on any atom is -0.459 e. The number of hydrogen-bond acceptors (Lipinski definition) is 5. The van der Waals surface area contributed by atoms with Crippen LogP contribution in [0.4, 0.5) is 0 Å². The van der Waals surface area contributed by atoms with Crippen molar-refractivity contribution in [3.63, 3.8) is 0 Å². The largest absolute Gasteiger partial charge is 0.459 e. The molecular formula is C18H21N3O5S. The van der Waals surface area contributed by atoms with Crippen LogP contribution in [0.3, 0.4) is 0 Å². The molecule has 2 heterocycles. The van der Waals surface area contributed by atoms with E-state index >= 15 is 0 Å². The van der Waals surface area contributed by atoms with Crippen molar-refractivity contribution in [2.75, 3.05) is 13.1 Å². The van der Waals surface area contributed by atoms with Crippen LogP contribution in [0.5, 0.6) is 0 Å². The Labute approximate surface area is 157 Å². The molecule has 1 aliphatic rings. The number of carbonyl (C=O) groups excluding carboxylic acids is 2. The molecule has 2 amide bonds. The highest BCUT2D eigenvalue weighted by atomic mass is 32.2. The van der Waals surface area contributed by atoms with Gasteiger partial charge in [-0.3, -0.25) is 20.4 Å². The summed E-state index contributed by atoms with van der Waals surface area (Å²) in [5.74, 6) is -0.684. The average molecular weight is 391 g/mol. The van der Waals surface area contributed by atoms with Crippen molar-refractivity contribution in [1.82, 2.24) is 15.2 Å². The van der Waals surface area contributed by atoms with Crippen LogP contribution < -0.4 is 10.9 Å². The smallest absolute Gasteiger partial charge is 0.305 e. The highest BCUT2D eigenvalue weighted by molar-refractivity contribution is 7.89. The third-order valence-electron chi connectivity index (χ3n) is 4.51. The number of benzene rings is 1. The molecule has 2 aromatic rings. The molecule has 9 heteroatoms. The molecule has 8 nitrogen and oxygen atoms in total. The summed E-state index contributed by atoms with van der Waals surface area (Å²) in [7, 11) is -3.66. The number of hydrogen-bond donors (Lipinski definition) is 2. The van der Waals surface area contributed by atoms with Crippen molar-refractivity contribution >= 4 is 21.8 Å². The van der Waals surface area contributed by atoms with Crippen molar-refractivity contribution in [1.29, 1.82) is 0 Å². The fraction of sp³-hybridized carbons (Fsp3) is 0.333. The zero-order valence-corrected chi connectivity index (χ0v) is 15.7. The molecule has 0 unspecified atom stereocenters. The van der Waals surface area contributed by atoms with Crippen LogP contribution in [0.1, 0.15) is 40.7 Å². The van der Waals surface area contributed by atoms with E-state index < -0.39 is 21.8 Å². The van der Waals surface area contributed by atoms with Crippen LogP contribution in [-0.4, -0.2) is 37.6 Å². The van der Waals surface area contributed by atoms with E-state index in [9.17, 15) is 18.0 Å².